The molecule has 2 aromatic carbocycles. The van der Waals surface area contributed by atoms with Crippen molar-refractivity contribution in [3.63, 3.8) is 0 Å². The molecule has 0 saturated heterocycles. The second-order valence-corrected chi connectivity index (χ2v) is 5.12. The summed E-state index contributed by atoms with van der Waals surface area (Å²) in [5.41, 5.74) is 3.33. The molecule has 1 aromatic heterocycles. The number of benzene rings is 2. The average molecular weight is 303 g/mol. The Kier molecular flexibility index (Phi) is 4.64. The lowest BCUT2D eigenvalue weighted by Gasteiger charge is -2.08. The molecule has 0 radical (unpaired) electrons. The van der Waals surface area contributed by atoms with Crippen LogP contribution >= 0.6 is 0 Å². The molecule has 0 unspecified atom stereocenters. The Bertz CT molecular complexity index is 773. The number of amides is 1. The monoisotopic (exact) mass is 303 g/mol. The van der Waals surface area contributed by atoms with Crippen LogP contribution in [0.4, 0.5) is 11.4 Å². The molecule has 1 amide bonds. The fraction of sp³-hybridized carbons (Fsp3) is 0.0526. The average Bonchev–Trinajstić information content (AvgIpc) is 2.62. The topological polar surface area (TPSA) is 54.0 Å². The molecule has 0 aliphatic carbocycles. The highest BCUT2D eigenvalue weighted by atomic mass is 16.1. The van der Waals surface area contributed by atoms with Crippen molar-refractivity contribution < 1.29 is 4.79 Å². The lowest BCUT2D eigenvalue weighted by molar-refractivity contribution is 0.0950. The molecule has 0 saturated carbocycles. The number of hydrogen-bond acceptors (Lipinski definition) is 3. The first-order valence-electron chi connectivity index (χ1n) is 7.40. The molecule has 0 atom stereocenters. The molecule has 3 aromatic rings. The van der Waals surface area contributed by atoms with Gasteiger partial charge in [0, 0.05) is 18.4 Å². The molecule has 2 N–H and O–H groups in total. The minimum absolute atomic E-state index is 0.141. The Labute approximate surface area is 135 Å². The van der Waals surface area contributed by atoms with Crippen molar-refractivity contribution in [2.75, 3.05) is 5.32 Å². The van der Waals surface area contributed by atoms with Gasteiger partial charge >= 0.3 is 0 Å². The van der Waals surface area contributed by atoms with Crippen LogP contribution in [0, 0.1) is 0 Å². The van der Waals surface area contributed by atoms with Crippen LogP contribution in [0.2, 0.25) is 0 Å². The van der Waals surface area contributed by atoms with E-state index in [2.05, 4.69) is 15.6 Å². The van der Waals surface area contributed by atoms with E-state index >= 15 is 0 Å². The highest BCUT2D eigenvalue weighted by molar-refractivity contribution is 5.94. The largest absolute Gasteiger partial charge is 0.354 e. The molecule has 4 nitrogen and oxygen atoms in total. The van der Waals surface area contributed by atoms with Gasteiger partial charge in [-0.05, 0) is 23.8 Å². The van der Waals surface area contributed by atoms with Crippen LogP contribution in [0.1, 0.15) is 15.9 Å². The summed E-state index contributed by atoms with van der Waals surface area (Å²) in [7, 11) is 0. The van der Waals surface area contributed by atoms with E-state index in [1.807, 2.05) is 60.7 Å². The lowest BCUT2D eigenvalue weighted by atomic mass is 10.2. The molecule has 0 spiro atoms. The third-order valence-electron chi connectivity index (χ3n) is 3.36. The lowest BCUT2D eigenvalue weighted by Crippen LogP contribution is -2.22. The van der Waals surface area contributed by atoms with Crippen LogP contribution in [0.3, 0.4) is 0 Å². The van der Waals surface area contributed by atoms with E-state index in [1.165, 1.54) is 0 Å². The number of carbonyl (C=O) groups excluding carboxylic acids is 1. The standard InChI is InChI=1S/C19H17N3O/c23-19(21-12-15-7-3-1-4-8-15)16-11-18(14-20-13-16)22-17-9-5-2-6-10-17/h1-11,13-14,22H,12H2,(H,21,23). The van der Waals surface area contributed by atoms with E-state index in [1.54, 1.807) is 18.5 Å². The highest BCUT2D eigenvalue weighted by Gasteiger charge is 2.07. The minimum Gasteiger partial charge on any atom is -0.354 e. The van der Waals surface area contributed by atoms with Crippen LogP contribution in [-0.2, 0) is 6.54 Å². The normalized spacial score (nSPS) is 10.1. The van der Waals surface area contributed by atoms with Gasteiger partial charge < -0.3 is 10.6 Å². The SMILES string of the molecule is O=C(NCc1ccccc1)c1cncc(Nc2ccccc2)c1. The Morgan fingerprint density at radius 2 is 1.57 bits per heavy atom. The van der Waals surface area contributed by atoms with Gasteiger partial charge in [-0.3, -0.25) is 9.78 Å². The molecule has 0 bridgehead atoms. The predicted molar refractivity (Wildman–Crippen MR) is 91.6 cm³/mol. The van der Waals surface area contributed by atoms with Gasteiger partial charge in [0.2, 0.25) is 0 Å². The van der Waals surface area contributed by atoms with Crippen molar-refractivity contribution in [2.24, 2.45) is 0 Å². The molecule has 23 heavy (non-hydrogen) atoms. The van der Waals surface area contributed by atoms with Crippen LogP contribution in [0.15, 0.2) is 79.1 Å². The summed E-state index contributed by atoms with van der Waals surface area (Å²) < 4.78 is 0. The van der Waals surface area contributed by atoms with Gasteiger partial charge in [-0.2, -0.15) is 0 Å². The molecule has 0 fully saturated rings. The first-order chi connectivity index (χ1) is 11.3. The van der Waals surface area contributed by atoms with Crippen molar-refractivity contribution >= 4 is 17.3 Å². The van der Waals surface area contributed by atoms with E-state index in [0.29, 0.717) is 12.1 Å². The molecular weight excluding hydrogens is 286 g/mol. The number of pyridine rings is 1. The van der Waals surface area contributed by atoms with Crippen molar-refractivity contribution in [2.45, 2.75) is 6.54 Å². The van der Waals surface area contributed by atoms with E-state index in [9.17, 15) is 4.79 Å². The molecule has 0 aliphatic heterocycles. The first kappa shape index (κ1) is 14.8. The second kappa shape index (κ2) is 7.22. The van der Waals surface area contributed by atoms with Gasteiger partial charge in [0.05, 0.1) is 17.4 Å². The van der Waals surface area contributed by atoms with Gasteiger partial charge in [-0.25, -0.2) is 0 Å². The second-order valence-electron chi connectivity index (χ2n) is 5.12. The van der Waals surface area contributed by atoms with Crippen LogP contribution in [0.5, 0.6) is 0 Å². The predicted octanol–water partition coefficient (Wildman–Crippen LogP) is 3.76. The number of nitrogens with one attached hydrogen (secondary N) is 2. The zero-order valence-electron chi connectivity index (χ0n) is 12.6. The Morgan fingerprint density at radius 1 is 0.870 bits per heavy atom. The molecule has 3 rings (SSSR count). The Morgan fingerprint density at radius 3 is 2.30 bits per heavy atom. The molecule has 114 valence electrons. The summed E-state index contributed by atoms with van der Waals surface area (Å²) >= 11 is 0. The van der Waals surface area contributed by atoms with E-state index < -0.39 is 0 Å². The third kappa shape index (κ3) is 4.17. The van der Waals surface area contributed by atoms with Crippen molar-refractivity contribution in [3.8, 4) is 0 Å². The number of hydrogen-bond donors (Lipinski definition) is 2. The summed E-state index contributed by atoms with van der Waals surface area (Å²) in [6.07, 6.45) is 3.26. The molecular formula is C19H17N3O. The van der Waals surface area contributed by atoms with Gasteiger partial charge in [0.1, 0.15) is 0 Å². The van der Waals surface area contributed by atoms with Gasteiger partial charge in [-0.1, -0.05) is 48.5 Å². The maximum absolute atomic E-state index is 12.2. The van der Waals surface area contributed by atoms with Crippen molar-refractivity contribution in [1.82, 2.24) is 10.3 Å². The molecule has 4 heteroatoms. The third-order valence-corrected chi connectivity index (χ3v) is 3.36. The molecule has 1 heterocycles. The number of para-hydroxylation sites is 1. The van der Waals surface area contributed by atoms with Gasteiger partial charge in [0.25, 0.3) is 5.91 Å². The zero-order chi connectivity index (χ0) is 15.9. The fourth-order valence-corrected chi connectivity index (χ4v) is 2.20. The van der Waals surface area contributed by atoms with E-state index in [0.717, 1.165) is 16.9 Å². The van der Waals surface area contributed by atoms with Crippen LogP contribution in [0.25, 0.3) is 0 Å². The zero-order valence-corrected chi connectivity index (χ0v) is 12.6. The Balaban J connectivity index is 1.65. The van der Waals surface area contributed by atoms with Crippen LogP contribution in [-0.4, -0.2) is 10.9 Å². The summed E-state index contributed by atoms with van der Waals surface area (Å²) in [6, 6.07) is 21.4. The van der Waals surface area contributed by atoms with Crippen molar-refractivity contribution in [3.05, 3.63) is 90.3 Å². The number of nitrogens with zero attached hydrogens (tertiary/aromatic N) is 1. The first-order valence-corrected chi connectivity index (χ1v) is 7.40. The maximum atomic E-state index is 12.2. The maximum Gasteiger partial charge on any atom is 0.253 e. The summed E-state index contributed by atoms with van der Waals surface area (Å²) in [5.74, 6) is -0.141. The molecule has 0 aliphatic rings. The van der Waals surface area contributed by atoms with E-state index in [4.69, 9.17) is 0 Å². The number of aromatic nitrogens is 1. The van der Waals surface area contributed by atoms with E-state index in [-0.39, 0.29) is 5.91 Å². The number of rotatable bonds is 5. The van der Waals surface area contributed by atoms with Crippen molar-refractivity contribution in [1.29, 1.82) is 0 Å². The van der Waals surface area contributed by atoms with Gasteiger partial charge in [-0.15, -0.1) is 0 Å². The minimum atomic E-state index is -0.141. The number of carbonyl (C=O) groups is 1. The number of anilines is 2. The fourth-order valence-electron chi connectivity index (χ4n) is 2.20. The van der Waals surface area contributed by atoms with Crippen LogP contribution < -0.4 is 10.6 Å². The summed E-state index contributed by atoms with van der Waals surface area (Å²) in [4.78, 5) is 16.4. The van der Waals surface area contributed by atoms with Gasteiger partial charge in [0.15, 0.2) is 0 Å². The quantitative estimate of drug-likeness (QED) is 0.754. The summed E-state index contributed by atoms with van der Waals surface area (Å²) in [5, 5.41) is 6.13. The highest BCUT2D eigenvalue weighted by Crippen LogP contribution is 2.16. The summed E-state index contributed by atoms with van der Waals surface area (Å²) in [6.45, 7) is 0.496. The smallest absolute Gasteiger partial charge is 0.253 e. The Hall–Kier alpha value is -3.14.